The van der Waals surface area contributed by atoms with Crippen LogP contribution < -0.4 is 0 Å². The van der Waals surface area contributed by atoms with E-state index < -0.39 is 6.10 Å². The van der Waals surface area contributed by atoms with Crippen LogP contribution in [0.1, 0.15) is 207 Å². The van der Waals surface area contributed by atoms with Gasteiger partial charge < -0.3 is 14.2 Å². The highest BCUT2D eigenvalue weighted by atomic mass is 16.6. The molecule has 6 heteroatoms. The quantitative estimate of drug-likeness (QED) is 0.0262. The predicted octanol–water partition coefficient (Wildman–Crippen LogP) is 16.9. The van der Waals surface area contributed by atoms with Crippen molar-refractivity contribution in [2.24, 2.45) is 0 Å². The van der Waals surface area contributed by atoms with E-state index in [1.165, 1.54) is 32.1 Å². The van der Waals surface area contributed by atoms with Crippen LogP contribution in [0.15, 0.2) is 122 Å². The van der Waals surface area contributed by atoms with E-state index in [0.29, 0.717) is 25.7 Å². The first kappa shape index (κ1) is 59.8. The monoisotopic (exact) mass is 885 g/mol. The second kappa shape index (κ2) is 51.4. The first-order valence-electron chi connectivity index (χ1n) is 25.5. The summed E-state index contributed by atoms with van der Waals surface area (Å²) in [5, 5.41) is 0. The van der Waals surface area contributed by atoms with Gasteiger partial charge in [-0.15, -0.1) is 0 Å². The molecule has 0 spiro atoms. The molecule has 0 saturated heterocycles. The van der Waals surface area contributed by atoms with Gasteiger partial charge in [-0.3, -0.25) is 14.4 Å². The van der Waals surface area contributed by atoms with Gasteiger partial charge in [-0.05, 0) is 109 Å². The van der Waals surface area contributed by atoms with E-state index in [9.17, 15) is 14.4 Å². The molecule has 360 valence electrons. The highest BCUT2D eigenvalue weighted by Crippen LogP contribution is 2.12. The molecule has 0 N–H and O–H groups in total. The summed E-state index contributed by atoms with van der Waals surface area (Å²) in [6, 6.07) is 0. The van der Waals surface area contributed by atoms with Gasteiger partial charge in [0.2, 0.25) is 0 Å². The molecule has 0 heterocycles. The molecule has 0 aromatic rings. The number of carbonyl (C=O) groups excluding carboxylic acids is 3. The summed E-state index contributed by atoms with van der Waals surface area (Å²) in [5.41, 5.74) is 0. The van der Waals surface area contributed by atoms with E-state index in [-0.39, 0.29) is 31.1 Å². The molecule has 1 atom stereocenters. The third kappa shape index (κ3) is 48.8. The van der Waals surface area contributed by atoms with Crippen LogP contribution in [0.25, 0.3) is 0 Å². The van der Waals surface area contributed by atoms with E-state index in [0.717, 1.165) is 128 Å². The van der Waals surface area contributed by atoms with Gasteiger partial charge in [-0.2, -0.15) is 0 Å². The Morgan fingerprint density at radius 3 is 0.984 bits per heavy atom. The van der Waals surface area contributed by atoms with Gasteiger partial charge in [0.1, 0.15) is 13.2 Å². The van der Waals surface area contributed by atoms with E-state index in [1.807, 2.05) is 0 Å². The molecule has 0 amide bonds. The molecule has 1 unspecified atom stereocenters. The van der Waals surface area contributed by atoms with Gasteiger partial charge in [-0.1, -0.05) is 200 Å². The lowest BCUT2D eigenvalue weighted by molar-refractivity contribution is -0.167. The first-order valence-corrected chi connectivity index (χ1v) is 25.5. The van der Waals surface area contributed by atoms with E-state index >= 15 is 0 Å². The van der Waals surface area contributed by atoms with Crippen molar-refractivity contribution in [2.45, 2.75) is 213 Å². The van der Waals surface area contributed by atoms with Crippen LogP contribution in [-0.4, -0.2) is 37.2 Å². The average Bonchev–Trinajstić information content (AvgIpc) is 3.29. The number of allylic oxidation sites excluding steroid dienone is 20. The summed E-state index contributed by atoms with van der Waals surface area (Å²) in [6.07, 6.45) is 70.6. The molecular weight excluding hydrogens is 793 g/mol. The highest BCUT2D eigenvalue weighted by Gasteiger charge is 2.19. The smallest absolute Gasteiger partial charge is 0.306 e. The molecular formula is C58H92O6. The topological polar surface area (TPSA) is 78.9 Å². The molecule has 0 aromatic carbocycles. The van der Waals surface area contributed by atoms with E-state index in [1.54, 1.807) is 0 Å². The fraction of sp³-hybridized carbons (Fsp3) is 0.603. The van der Waals surface area contributed by atoms with Crippen LogP contribution in [-0.2, 0) is 28.6 Å². The molecule has 0 fully saturated rings. The minimum absolute atomic E-state index is 0.102. The Morgan fingerprint density at radius 2 is 0.609 bits per heavy atom. The van der Waals surface area contributed by atoms with Gasteiger partial charge in [0.25, 0.3) is 0 Å². The number of rotatable bonds is 44. The number of carbonyl (C=O) groups is 3. The third-order valence-electron chi connectivity index (χ3n) is 10.2. The lowest BCUT2D eigenvalue weighted by Crippen LogP contribution is -2.30. The molecule has 0 aliphatic carbocycles. The Bertz CT molecular complexity index is 1390. The van der Waals surface area contributed by atoms with Crippen LogP contribution >= 0.6 is 0 Å². The van der Waals surface area contributed by atoms with Crippen molar-refractivity contribution in [1.82, 2.24) is 0 Å². The van der Waals surface area contributed by atoms with Gasteiger partial charge in [-0.25, -0.2) is 0 Å². The second-order valence-corrected chi connectivity index (χ2v) is 16.3. The molecule has 0 rings (SSSR count). The van der Waals surface area contributed by atoms with Crippen LogP contribution in [0.3, 0.4) is 0 Å². The van der Waals surface area contributed by atoms with Gasteiger partial charge >= 0.3 is 17.9 Å². The summed E-state index contributed by atoms with van der Waals surface area (Å²) in [6.45, 7) is 6.28. The fourth-order valence-electron chi connectivity index (χ4n) is 6.43. The Hall–Kier alpha value is -4.19. The zero-order chi connectivity index (χ0) is 46.5. The van der Waals surface area contributed by atoms with Gasteiger partial charge in [0, 0.05) is 19.3 Å². The van der Waals surface area contributed by atoms with E-state index in [4.69, 9.17) is 14.2 Å². The molecule has 0 aliphatic rings. The zero-order valence-corrected chi connectivity index (χ0v) is 41.0. The standard InChI is InChI=1S/C58H92O6/c1-4-7-10-13-16-18-20-22-24-26-28-29-31-32-34-36-38-40-42-45-48-51-57(60)63-54-55(53-62-56(59)50-47-44-15-12-9-6-3)64-58(61)52-49-46-43-41-39-37-35-33-30-27-25-23-21-19-17-14-11-8-5-2/h7-8,10-11,16-19,22-25,28-30,32-34,38,40,55H,4-6,9,12-15,20-21,26-27,31,35-37,39,41-54H2,1-3H3/b10-7-,11-8-,18-16-,19-17-,24-22-,25-23-,29-28-,33-30-,34-32-,40-38-. The zero-order valence-electron chi connectivity index (χ0n) is 41.0. The molecule has 0 bridgehead atoms. The summed E-state index contributed by atoms with van der Waals surface area (Å²) < 4.78 is 16.7. The highest BCUT2D eigenvalue weighted by molar-refractivity contribution is 5.71. The fourth-order valence-corrected chi connectivity index (χ4v) is 6.43. The number of hydrogen-bond donors (Lipinski definition) is 0. The molecule has 64 heavy (non-hydrogen) atoms. The van der Waals surface area contributed by atoms with Crippen LogP contribution in [0.2, 0.25) is 0 Å². The van der Waals surface area contributed by atoms with E-state index in [2.05, 4.69) is 142 Å². The largest absolute Gasteiger partial charge is 0.462 e. The summed E-state index contributed by atoms with van der Waals surface area (Å²) in [5.74, 6) is -0.979. The second-order valence-electron chi connectivity index (χ2n) is 16.3. The van der Waals surface area contributed by atoms with Crippen LogP contribution in [0.4, 0.5) is 0 Å². The summed E-state index contributed by atoms with van der Waals surface area (Å²) >= 11 is 0. The van der Waals surface area contributed by atoms with Crippen molar-refractivity contribution in [3.63, 3.8) is 0 Å². The van der Waals surface area contributed by atoms with Gasteiger partial charge in [0.05, 0.1) is 0 Å². The maximum absolute atomic E-state index is 12.8. The lowest BCUT2D eigenvalue weighted by Gasteiger charge is -2.18. The lowest BCUT2D eigenvalue weighted by atomic mass is 10.1. The SMILES string of the molecule is CC/C=C\C/C=C\C/C=C\C/C=C\C/C=C\C/C=C\CCCCC(=O)OCC(COC(=O)CCCCCCCC)OC(=O)CCCCCCCC/C=C\C/C=C\C/C=C\C/C=C\CC. The Morgan fingerprint density at radius 1 is 0.328 bits per heavy atom. The minimum atomic E-state index is -0.804. The minimum Gasteiger partial charge on any atom is -0.462 e. The molecule has 0 radical (unpaired) electrons. The summed E-state index contributed by atoms with van der Waals surface area (Å²) in [4.78, 5) is 37.8. The predicted molar refractivity (Wildman–Crippen MR) is 274 cm³/mol. The molecule has 0 saturated carbocycles. The van der Waals surface area contributed by atoms with Crippen LogP contribution in [0, 0.1) is 0 Å². The van der Waals surface area contributed by atoms with Crippen molar-refractivity contribution in [3.05, 3.63) is 122 Å². The first-order chi connectivity index (χ1) is 31.5. The van der Waals surface area contributed by atoms with Crippen molar-refractivity contribution >= 4 is 17.9 Å². The molecule has 0 aromatic heterocycles. The number of hydrogen-bond acceptors (Lipinski definition) is 6. The van der Waals surface area contributed by atoms with Gasteiger partial charge in [0.15, 0.2) is 6.10 Å². The Labute approximate surface area is 392 Å². The number of esters is 3. The Kier molecular flexibility index (Phi) is 48.1. The molecule has 0 aliphatic heterocycles. The summed E-state index contributed by atoms with van der Waals surface area (Å²) in [7, 11) is 0. The normalized spacial score (nSPS) is 13.1. The number of unbranched alkanes of at least 4 members (excludes halogenated alkanes) is 13. The van der Waals surface area contributed by atoms with Crippen molar-refractivity contribution in [2.75, 3.05) is 13.2 Å². The van der Waals surface area contributed by atoms with Crippen LogP contribution in [0.5, 0.6) is 0 Å². The average molecular weight is 885 g/mol. The number of ether oxygens (including phenoxy) is 3. The third-order valence-corrected chi connectivity index (χ3v) is 10.2. The maximum Gasteiger partial charge on any atom is 0.306 e. The van der Waals surface area contributed by atoms with Crippen molar-refractivity contribution < 1.29 is 28.6 Å². The van der Waals surface area contributed by atoms with Crippen molar-refractivity contribution in [1.29, 1.82) is 0 Å². The van der Waals surface area contributed by atoms with Crippen molar-refractivity contribution in [3.8, 4) is 0 Å². The maximum atomic E-state index is 12.8. The Balaban J connectivity index is 4.36. The molecule has 6 nitrogen and oxygen atoms in total.